The number of aliphatic hydroxyl groups excluding tert-OH is 1. The fraction of sp³-hybridized carbons (Fsp3) is 0.615. The Hall–Kier alpha value is -0.390. The normalized spacial score (nSPS) is 23.9. The van der Waals surface area contributed by atoms with Crippen molar-refractivity contribution >= 4 is 33.2 Å². The molecule has 3 nitrogen and oxygen atoms in total. The maximum Gasteiger partial charge on any atom is 0.265 e. The second-order valence-corrected chi connectivity index (χ2v) is 6.64. The highest BCUT2D eigenvalue weighted by atomic mass is 79.9. The second-order valence-electron chi connectivity index (χ2n) is 4.87. The SMILES string of the molecule is CN(C(=O)c1sccc1Br)C1CCC(CO)CC1. The molecule has 1 heterocycles. The Morgan fingerprint density at radius 3 is 2.67 bits per heavy atom. The fourth-order valence-corrected chi connectivity index (χ4v) is 4.01. The van der Waals surface area contributed by atoms with E-state index in [0.29, 0.717) is 12.0 Å². The van der Waals surface area contributed by atoms with Gasteiger partial charge < -0.3 is 10.0 Å². The third-order valence-corrected chi connectivity index (χ3v) is 5.58. The first kappa shape index (κ1) is 14.0. The zero-order chi connectivity index (χ0) is 13.1. The molecule has 0 aromatic carbocycles. The van der Waals surface area contributed by atoms with Crippen LogP contribution in [0.4, 0.5) is 0 Å². The number of nitrogens with zero attached hydrogens (tertiary/aromatic N) is 1. The van der Waals surface area contributed by atoms with E-state index in [0.717, 1.165) is 35.0 Å². The quantitative estimate of drug-likeness (QED) is 0.924. The fourth-order valence-electron chi connectivity index (χ4n) is 2.49. The summed E-state index contributed by atoms with van der Waals surface area (Å²) in [4.78, 5) is 15.0. The Morgan fingerprint density at radius 2 is 2.17 bits per heavy atom. The Balaban J connectivity index is 1.98. The van der Waals surface area contributed by atoms with E-state index < -0.39 is 0 Å². The van der Waals surface area contributed by atoms with Crippen molar-refractivity contribution in [1.82, 2.24) is 4.90 Å². The van der Waals surface area contributed by atoms with Crippen molar-refractivity contribution in [3.63, 3.8) is 0 Å². The Bertz CT molecular complexity index is 413. The molecule has 1 aromatic rings. The number of halogens is 1. The molecule has 1 saturated carbocycles. The standard InChI is InChI=1S/C13H18BrNO2S/c1-15(10-4-2-9(8-16)3-5-10)13(17)12-11(14)6-7-18-12/h6-7,9-10,16H,2-5,8H2,1H3. The van der Waals surface area contributed by atoms with Crippen molar-refractivity contribution in [2.75, 3.05) is 13.7 Å². The number of aliphatic hydroxyl groups is 1. The second kappa shape index (κ2) is 6.17. The van der Waals surface area contributed by atoms with Crippen molar-refractivity contribution in [3.8, 4) is 0 Å². The number of carbonyl (C=O) groups excluding carboxylic acids is 1. The number of hydrogen-bond donors (Lipinski definition) is 1. The van der Waals surface area contributed by atoms with Gasteiger partial charge in [0.25, 0.3) is 5.91 Å². The molecular formula is C13H18BrNO2S. The molecular weight excluding hydrogens is 314 g/mol. The topological polar surface area (TPSA) is 40.5 Å². The van der Waals surface area contributed by atoms with E-state index in [2.05, 4.69) is 15.9 Å². The maximum absolute atomic E-state index is 12.3. The Morgan fingerprint density at radius 1 is 1.50 bits per heavy atom. The van der Waals surface area contributed by atoms with E-state index >= 15 is 0 Å². The molecule has 0 saturated heterocycles. The summed E-state index contributed by atoms with van der Waals surface area (Å²) in [7, 11) is 1.89. The number of thiophene rings is 1. The molecule has 18 heavy (non-hydrogen) atoms. The van der Waals surface area contributed by atoms with E-state index in [-0.39, 0.29) is 12.5 Å². The molecule has 0 aliphatic heterocycles. The van der Waals surface area contributed by atoms with Crippen LogP contribution < -0.4 is 0 Å². The van der Waals surface area contributed by atoms with Crippen LogP contribution in [0.25, 0.3) is 0 Å². The zero-order valence-corrected chi connectivity index (χ0v) is 12.8. The zero-order valence-electron chi connectivity index (χ0n) is 10.4. The van der Waals surface area contributed by atoms with Gasteiger partial charge in [-0.25, -0.2) is 0 Å². The monoisotopic (exact) mass is 331 g/mol. The van der Waals surface area contributed by atoms with E-state index in [1.165, 1.54) is 11.3 Å². The highest BCUT2D eigenvalue weighted by Crippen LogP contribution is 2.29. The van der Waals surface area contributed by atoms with Crippen LogP contribution in [-0.2, 0) is 0 Å². The highest BCUT2D eigenvalue weighted by Gasteiger charge is 2.27. The molecule has 1 aromatic heterocycles. The summed E-state index contributed by atoms with van der Waals surface area (Å²) < 4.78 is 0.883. The third kappa shape index (κ3) is 2.95. The first-order chi connectivity index (χ1) is 8.63. The summed E-state index contributed by atoms with van der Waals surface area (Å²) in [5.41, 5.74) is 0. The number of carbonyl (C=O) groups is 1. The van der Waals surface area contributed by atoms with Gasteiger partial charge in [0, 0.05) is 24.2 Å². The smallest absolute Gasteiger partial charge is 0.265 e. The summed E-state index contributed by atoms with van der Waals surface area (Å²) in [6, 6.07) is 2.23. The molecule has 5 heteroatoms. The van der Waals surface area contributed by atoms with E-state index in [9.17, 15) is 4.79 Å². The minimum atomic E-state index is 0.101. The van der Waals surface area contributed by atoms with Gasteiger partial charge in [-0.15, -0.1) is 11.3 Å². The van der Waals surface area contributed by atoms with Crippen LogP contribution in [-0.4, -0.2) is 35.6 Å². The number of amides is 1. The van der Waals surface area contributed by atoms with Crippen molar-refractivity contribution in [3.05, 3.63) is 20.8 Å². The molecule has 100 valence electrons. The van der Waals surface area contributed by atoms with Gasteiger partial charge in [-0.2, -0.15) is 0 Å². The van der Waals surface area contributed by atoms with Gasteiger partial charge in [0.15, 0.2) is 0 Å². The van der Waals surface area contributed by atoms with Crippen LogP contribution in [0.15, 0.2) is 15.9 Å². The number of hydrogen-bond acceptors (Lipinski definition) is 3. The van der Waals surface area contributed by atoms with Gasteiger partial charge in [-0.1, -0.05) is 0 Å². The van der Waals surface area contributed by atoms with E-state index in [1.807, 2.05) is 23.4 Å². The van der Waals surface area contributed by atoms with Crippen molar-refractivity contribution in [2.45, 2.75) is 31.7 Å². The Labute approximate surface area is 120 Å². The lowest BCUT2D eigenvalue weighted by Crippen LogP contribution is -2.39. The molecule has 0 atom stereocenters. The van der Waals surface area contributed by atoms with Crippen LogP contribution >= 0.6 is 27.3 Å². The molecule has 0 unspecified atom stereocenters. The van der Waals surface area contributed by atoms with Crippen LogP contribution in [0.3, 0.4) is 0 Å². The molecule has 0 bridgehead atoms. The summed E-state index contributed by atoms with van der Waals surface area (Å²) in [5, 5.41) is 11.1. The summed E-state index contributed by atoms with van der Waals surface area (Å²) in [5.74, 6) is 0.530. The van der Waals surface area contributed by atoms with Crippen LogP contribution in [0.1, 0.15) is 35.4 Å². The van der Waals surface area contributed by atoms with Gasteiger partial charge in [-0.3, -0.25) is 4.79 Å². The Kier molecular flexibility index (Phi) is 4.81. The predicted molar refractivity (Wildman–Crippen MR) is 76.9 cm³/mol. The van der Waals surface area contributed by atoms with E-state index in [1.54, 1.807) is 0 Å². The lowest BCUT2D eigenvalue weighted by molar-refractivity contribution is 0.0657. The van der Waals surface area contributed by atoms with Gasteiger partial charge in [0.05, 0.1) is 0 Å². The molecule has 1 N–H and O–H groups in total. The molecule has 1 fully saturated rings. The predicted octanol–water partition coefficient (Wildman–Crippen LogP) is 3.13. The summed E-state index contributed by atoms with van der Waals surface area (Å²) in [6.45, 7) is 0.279. The largest absolute Gasteiger partial charge is 0.396 e. The molecule has 1 amide bonds. The summed E-state index contributed by atoms with van der Waals surface area (Å²) >= 11 is 4.89. The van der Waals surface area contributed by atoms with Crippen LogP contribution in [0.5, 0.6) is 0 Å². The third-order valence-electron chi connectivity index (χ3n) is 3.75. The van der Waals surface area contributed by atoms with Gasteiger partial charge in [-0.05, 0) is 59.0 Å². The molecule has 1 aliphatic carbocycles. The lowest BCUT2D eigenvalue weighted by Gasteiger charge is -2.34. The first-order valence-electron chi connectivity index (χ1n) is 6.24. The van der Waals surface area contributed by atoms with Crippen LogP contribution in [0, 0.1) is 5.92 Å². The van der Waals surface area contributed by atoms with Crippen molar-refractivity contribution in [1.29, 1.82) is 0 Å². The number of rotatable bonds is 3. The molecule has 0 spiro atoms. The average Bonchev–Trinajstić information content (AvgIpc) is 2.83. The lowest BCUT2D eigenvalue weighted by atomic mass is 9.86. The average molecular weight is 332 g/mol. The maximum atomic E-state index is 12.3. The van der Waals surface area contributed by atoms with Crippen LogP contribution in [0.2, 0.25) is 0 Å². The highest BCUT2D eigenvalue weighted by molar-refractivity contribution is 9.10. The molecule has 0 radical (unpaired) electrons. The first-order valence-corrected chi connectivity index (χ1v) is 7.91. The molecule has 2 rings (SSSR count). The molecule has 1 aliphatic rings. The van der Waals surface area contributed by atoms with Gasteiger partial charge >= 0.3 is 0 Å². The van der Waals surface area contributed by atoms with E-state index in [4.69, 9.17) is 5.11 Å². The van der Waals surface area contributed by atoms with Crippen molar-refractivity contribution in [2.24, 2.45) is 5.92 Å². The minimum absolute atomic E-state index is 0.101. The minimum Gasteiger partial charge on any atom is -0.396 e. The van der Waals surface area contributed by atoms with Crippen molar-refractivity contribution < 1.29 is 9.90 Å². The van der Waals surface area contributed by atoms with Gasteiger partial charge in [0.1, 0.15) is 4.88 Å². The van der Waals surface area contributed by atoms with Gasteiger partial charge in [0.2, 0.25) is 0 Å². The summed E-state index contributed by atoms with van der Waals surface area (Å²) in [6.07, 6.45) is 4.03.